The van der Waals surface area contributed by atoms with Gasteiger partial charge in [0, 0.05) is 37.0 Å². The molecular weight excluding hydrogens is 254 g/mol. The van der Waals surface area contributed by atoms with Gasteiger partial charge < -0.3 is 15.7 Å². The van der Waals surface area contributed by atoms with Crippen LogP contribution < -0.4 is 5.73 Å². The van der Waals surface area contributed by atoms with Crippen LogP contribution in [0.4, 0.5) is 0 Å². The number of carbonyl (C=O) groups excluding carboxylic acids is 1. The molecule has 0 aliphatic carbocycles. The van der Waals surface area contributed by atoms with Gasteiger partial charge in [-0.3, -0.25) is 9.79 Å². The fourth-order valence-electron chi connectivity index (χ4n) is 2.04. The van der Waals surface area contributed by atoms with E-state index in [0.717, 1.165) is 6.42 Å². The van der Waals surface area contributed by atoms with Gasteiger partial charge in [0.05, 0.1) is 0 Å². The number of carbonyl (C=O) groups is 1. The Morgan fingerprint density at radius 2 is 2.25 bits per heavy atom. The first-order valence-corrected chi connectivity index (χ1v) is 7.15. The average molecular weight is 279 g/mol. The molecule has 1 aliphatic heterocycles. The molecule has 0 fully saturated rings. The summed E-state index contributed by atoms with van der Waals surface area (Å²) in [6.45, 7) is 7.15. The molecule has 112 valence electrons. The third kappa shape index (κ3) is 4.28. The SMILES string of the molecule is CCCN(CC)C(=O)[C@H](N)[C@@H](O)C1=CN=CC(C)C=C1. The minimum absolute atomic E-state index is 0.204. The van der Waals surface area contributed by atoms with Crippen LogP contribution >= 0.6 is 0 Å². The summed E-state index contributed by atoms with van der Waals surface area (Å²) in [5.41, 5.74) is 6.48. The minimum Gasteiger partial charge on any atom is -0.386 e. The smallest absolute Gasteiger partial charge is 0.242 e. The second kappa shape index (κ2) is 7.97. The molecule has 0 saturated heterocycles. The molecule has 0 aromatic rings. The van der Waals surface area contributed by atoms with Crippen LogP contribution in [0.15, 0.2) is 28.9 Å². The summed E-state index contributed by atoms with van der Waals surface area (Å²) >= 11 is 0. The molecule has 0 spiro atoms. The molecule has 0 saturated carbocycles. The maximum atomic E-state index is 12.2. The van der Waals surface area contributed by atoms with Gasteiger partial charge in [-0.15, -0.1) is 0 Å². The highest BCUT2D eigenvalue weighted by Gasteiger charge is 2.28. The van der Waals surface area contributed by atoms with Crippen molar-refractivity contribution >= 4 is 12.1 Å². The fraction of sp³-hybridized carbons (Fsp3) is 0.600. The lowest BCUT2D eigenvalue weighted by atomic mass is 10.0. The molecule has 0 radical (unpaired) electrons. The molecule has 1 aliphatic rings. The number of nitrogens with zero attached hydrogens (tertiary/aromatic N) is 2. The van der Waals surface area contributed by atoms with Crippen LogP contribution in [0, 0.1) is 5.92 Å². The van der Waals surface area contributed by atoms with E-state index in [4.69, 9.17) is 5.73 Å². The van der Waals surface area contributed by atoms with E-state index in [2.05, 4.69) is 4.99 Å². The van der Waals surface area contributed by atoms with Crippen LogP contribution in [0.25, 0.3) is 0 Å². The summed E-state index contributed by atoms with van der Waals surface area (Å²) in [6, 6.07) is -0.957. The fourth-order valence-corrected chi connectivity index (χ4v) is 2.04. The van der Waals surface area contributed by atoms with Crippen molar-refractivity contribution in [2.24, 2.45) is 16.6 Å². The Bertz CT molecular complexity index is 415. The van der Waals surface area contributed by atoms with Crippen molar-refractivity contribution in [3.8, 4) is 0 Å². The Balaban J connectivity index is 2.78. The molecule has 0 aromatic carbocycles. The highest BCUT2D eigenvalue weighted by molar-refractivity contribution is 5.83. The Kier molecular flexibility index (Phi) is 6.61. The molecule has 3 atom stereocenters. The van der Waals surface area contributed by atoms with Crippen LogP contribution in [0.1, 0.15) is 27.2 Å². The average Bonchev–Trinajstić information content (AvgIpc) is 2.67. The molecule has 1 rings (SSSR count). The van der Waals surface area contributed by atoms with Crippen molar-refractivity contribution < 1.29 is 9.90 Å². The summed E-state index contributed by atoms with van der Waals surface area (Å²) in [7, 11) is 0. The Morgan fingerprint density at radius 3 is 2.85 bits per heavy atom. The number of allylic oxidation sites excluding steroid dienone is 1. The zero-order valence-corrected chi connectivity index (χ0v) is 12.5. The second-order valence-corrected chi connectivity index (χ2v) is 5.03. The van der Waals surface area contributed by atoms with Crippen molar-refractivity contribution in [1.29, 1.82) is 0 Å². The molecular formula is C15H25N3O2. The van der Waals surface area contributed by atoms with Gasteiger partial charge in [-0.1, -0.05) is 26.0 Å². The van der Waals surface area contributed by atoms with Gasteiger partial charge in [0.25, 0.3) is 0 Å². The van der Waals surface area contributed by atoms with Crippen LogP contribution in [0.2, 0.25) is 0 Å². The van der Waals surface area contributed by atoms with Gasteiger partial charge in [-0.25, -0.2) is 0 Å². The summed E-state index contributed by atoms with van der Waals surface area (Å²) in [4.78, 5) is 18.0. The monoisotopic (exact) mass is 279 g/mol. The van der Waals surface area contributed by atoms with Crippen molar-refractivity contribution in [1.82, 2.24) is 4.90 Å². The lowest BCUT2D eigenvalue weighted by Crippen LogP contribution is -2.50. The number of rotatable bonds is 6. The van der Waals surface area contributed by atoms with Crippen molar-refractivity contribution in [2.75, 3.05) is 13.1 Å². The van der Waals surface area contributed by atoms with E-state index < -0.39 is 12.1 Å². The van der Waals surface area contributed by atoms with Crippen molar-refractivity contribution in [3.05, 3.63) is 23.9 Å². The van der Waals surface area contributed by atoms with Crippen LogP contribution in [-0.4, -0.2) is 47.4 Å². The van der Waals surface area contributed by atoms with Crippen LogP contribution in [0.5, 0.6) is 0 Å². The maximum absolute atomic E-state index is 12.2. The van der Waals surface area contributed by atoms with E-state index in [1.165, 1.54) is 0 Å². The Morgan fingerprint density at radius 1 is 1.55 bits per heavy atom. The molecule has 3 N–H and O–H groups in total. The van der Waals surface area contributed by atoms with E-state index >= 15 is 0 Å². The summed E-state index contributed by atoms with van der Waals surface area (Å²) in [5, 5.41) is 10.3. The number of nitrogens with two attached hydrogens (primary N) is 1. The molecule has 1 heterocycles. The quantitative estimate of drug-likeness (QED) is 0.764. The highest BCUT2D eigenvalue weighted by Crippen LogP contribution is 2.14. The van der Waals surface area contributed by atoms with E-state index in [0.29, 0.717) is 18.7 Å². The Labute approximate surface area is 120 Å². The van der Waals surface area contributed by atoms with Gasteiger partial charge in [-0.05, 0) is 13.3 Å². The van der Waals surface area contributed by atoms with Crippen LogP contribution in [-0.2, 0) is 4.79 Å². The first-order valence-electron chi connectivity index (χ1n) is 7.15. The second-order valence-electron chi connectivity index (χ2n) is 5.03. The van der Waals surface area contributed by atoms with E-state index in [-0.39, 0.29) is 11.8 Å². The van der Waals surface area contributed by atoms with Gasteiger partial charge in [0.2, 0.25) is 5.91 Å². The van der Waals surface area contributed by atoms with Gasteiger partial charge >= 0.3 is 0 Å². The van der Waals surface area contributed by atoms with E-state index in [1.54, 1.807) is 23.4 Å². The molecule has 5 nitrogen and oxygen atoms in total. The molecule has 1 unspecified atom stereocenters. The Hall–Kier alpha value is -1.46. The van der Waals surface area contributed by atoms with Crippen molar-refractivity contribution in [3.63, 3.8) is 0 Å². The largest absolute Gasteiger partial charge is 0.386 e. The van der Waals surface area contributed by atoms with Crippen LogP contribution in [0.3, 0.4) is 0 Å². The summed E-state index contributed by atoms with van der Waals surface area (Å²) in [5.74, 6) is -0.0208. The maximum Gasteiger partial charge on any atom is 0.242 e. The predicted molar refractivity (Wildman–Crippen MR) is 81.4 cm³/mol. The molecule has 20 heavy (non-hydrogen) atoms. The third-order valence-corrected chi connectivity index (χ3v) is 3.29. The lowest BCUT2D eigenvalue weighted by Gasteiger charge is -2.26. The zero-order valence-electron chi connectivity index (χ0n) is 12.5. The number of amides is 1. The number of aliphatic hydroxyl groups excluding tert-OH is 1. The minimum atomic E-state index is -1.04. The molecule has 0 aromatic heterocycles. The number of aliphatic imine (C=N–C) groups is 1. The first kappa shape index (κ1) is 16.6. The third-order valence-electron chi connectivity index (χ3n) is 3.29. The topological polar surface area (TPSA) is 78.9 Å². The van der Waals surface area contributed by atoms with Gasteiger partial charge in [0.15, 0.2) is 0 Å². The summed E-state index contributed by atoms with van der Waals surface area (Å²) < 4.78 is 0. The predicted octanol–water partition coefficient (Wildman–Crippen LogP) is 1.09. The first-order chi connectivity index (χ1) is 9.51. The van der Waals surface area contributed by atoms with Crippen molar-refractivity contribution in [2.45, 2.75) is 39.3 Å². The van der Waals surface area contributed by atoms with Gasteiger partial charge in [-0.2, -0.15) is 0 Å². The molecule has 5 heteroatoms. The van der Waals surface area contributed by atoms with E-state index in [9.17, 15) is 9.90 Å². The summed E-state index contributed by atoms with van der Waals surface area (Å²) in [6.07, 6.45) is 6.88. The highest BCUT2D eigenvalue weighted by atomic mass is 16.3. The zero-order chi connectivity index (χ0) is 15.1. The number of hydrogen-bond acceptors (Lipinski definition) is 4. The lowest BCUT2D eigenvalue weighted by molar-refractivity contribution is -0.134. The molecule has 1 amide bonds. The number of hydrogen-bond donors (Lipinski definition) is 2. The number of likely N-dealkylation sites (N-methyl/N-ethyl adjacent to an activating group) is 1. The molecule has 0 bridgehead atoms. The standard InChI is InChI=1S/C15H25N3O2/c1-4-8-18(5-2)15(20)13(16)14(19)12-7-6-11(3)9-17-10-12/h6-7,9-11,13-14,19H,4-5,8,16H2,1-3H3/t11?,13-,14+/m1/s1. The van der Waals surface area contributed by atoms with Gasteiger partial charge in [0.1, 0.15) is 12.1 Å². The van der Waals surface area contributed by atoms with E-state index in [1.807, 2.05) is 26.8 Å². The normalized spacial score (nSPS) is 21.1. The number of aliphatic hydroxyl groups is 1.